The average Bonchev–Trinajstić information content (AvgIpc) is 1.62. The van der Waals surface area contributed by atoms with Crippen LogP contribution in [0, 0.1) is 12.3 Å². The van der Waals surface area contributed by atoms with Gasteiger partial charge < -0.3 is 0 Å². The van der Waals surface area contributed by atoms with Gasteiger partial charge in [0.25, 0.3) is 0 Å². The van der Waals surface area contributed by atoms with E-state index in [1.165, 1.54) is 0 Å². The first-order valence-electron chi connectivity index (χ1n) is 3.19. The fraction of sp³-hybridized carbons (Fsp3) is 0.750. The van der Waals surface area contributed by atoms with Crippen LogP contribution in [0.4, 0.5) is 0 Å². The molecule has 0 aliphatic carbocycles. The van der Waals surface area contributed by atoms with E-state index in [2.05, 4.69) is 32.0 Å². The van der Waals surface area contributed by atoms with Crippen LogP contribution in [-0.4, -0.2) is 11.6 Å². The molecular formula is C8H15N. The molecule has 0 saturated carbocycles. The third kappa shape index (κ3) is 5.39. The van der Waals surface area contributed by atoms with E-state index in [-0.39, 0.29) is 11.6 Å². The topological polar surface area (TPSA) is 12.0 Å². The van der Waals surface area contributed by atoms with Crippen LogP contribution >= 0.6 is 0 Å². The van der Waals surface area contributed by atoms with Crippen molar-refractivity contribution in [2.75, 3.05) is 0 Å². The molecule has 52 valence electrons. The lowest BCUT2D eigenvalue weighted by molar-refractivity contribution is 0.409. The van der Waals surface area contributed by atoms with E-state index < -0.39 is 0 Å². The second kappa shape index (κ2) is 2.89. The van der Waals surface area contributed by atoms with E-state index >= 15 is 0 Å². The second-order valence-electron chi connectivity index (χ2n) is 3.28. The molecule has 0 spiro atoms. The summed E-state index contributed by atoms with van der Waals surface area (Å²) in [5.74, 6) is 2.61. The number of nitrogens with one attached hydrogen (secondary N) is 1. The molecule has 9 heavy (non-hydrogen) atoms. The normalized spacial score (nSPS) is 14.6. The minimum absolute atomic E-state index is 0.131. The molecule has 1 N–H and O–H groups in total. The Morgan fingerprint density at radius 2 is 1.89 bits per heavy atom. The van der Waals surface area contributed by atoms with Gasteiger partial charge in [0.1, 0.15) is 0 Å². The number of terminal acetylenes is 1. The molecule has 0 saturated heterocycles. The zero-order valence-corrected chi connectivity index (χ0v) is 6.65. The van der Waals surface area contributed by atoms with Gasteiger partial charge in [-0.3, -0.25) is 5.32 Å². The van der Waals surface area contributed by atoms with Gasteiger partial charge in [0.15, 0.2) is 0 Å². The van der Waals surface area contributed by atoms with Crippen LogP contribution in [0.3, 0.4) is 0 Å². The smallest absolute Gasteiger partial charge is 0.0662 e. The van der Waals surface area contributed by atoms with Gasteiger partial charge in [0.05, 0.1) is 6.04 Å². The van der Waals surface area contributed by atoms with Gasteiger partial charge in [0.2, 0.25) is 0 Å². The quantitative estimate of drug-likeness (QED) is 0.522. The van der Waals surface area contributed by atoms with Gasteiger partial charge >= 0.3 is 0 Å². The number of rotatable bonds is 1. The molecule has 1 nitrogen and oxygen atoms in total. The Morgan fingerprint density at radius 3 is 2.00 bits per heavy atom. The van der Waals surface area contributed by atoms with Gasteiger partial charge in [-0.15, -0.1) is 6.42 Å². The van der Waals surface area contributed by atoms with Gasteiger partial charge in [-0.2, -0.15) is 0 Å². The van der Waals surface area contributed by atoms with Crippen molar-refractivity contribution in [3.05, 3.63) is 0 Å². The predicted molar refractivity (Wildman–Crippen MR) is 41.2 cm³/mol. The van der Waals surface area contributed by atoms with Gasteiger partial charge in [0, 0.05) is 5.54 Å². The van der Waals surface area contributed by atoms with E-state index in [9.17, 15) is 0 Å². The van der Waals surface area contributed by atoms with E-state index in [1.807, 2.05) is 6.92 Å². The van der Waals surface area contributed by atoms with Crippen molar-refractivity contribution in [1.82, 2.24) is 5.32 Å². The molecule has 1 atom stereocenters. The van der Waals surface area contributed by atoms with Gasteiger partial charge in [-0.05, 0) is 27.7 Å². The molecule has 0 aliphatic rings. The molecule has 0 bridgehead atoms. The summed E-state index contributed by atoms with van der Waals surface area (Å²) < 4.78 is 0. The fourth-order valence-electron chi connectivity index (χ4n) is 0.691. The molecule has 0 aliphatic heterocycles. The van der Waals surface area contributed by atoms with Gasteiger partial charge in [-0.1, -0.05) is 5.92 Å². The van der Waals surface area contributed by atoms with Crippen LogP contribution in [0.2, 0.25) is 0 Å². The summed E-state index contributed by atoms with van der Waals surface area (Å²) in [5.41, 5.74) is 0.131. The minimum atomic E-state index is 0.131. The summed E-state index contributed by atoms with van der Waals surface area (Å²) in [6.45, 7) is 8.27. The van der Waals surface area contributed by atoms with E-state index in [4.69, 9.17) is 6.42 Å². The molecule has 0 aromatic rings. The molecule has 0 rings (SSSR count). The lowest BCUT2D eigenvalue weighted by Crippen LogP contribution is -2.41. The summed E-state index contributed by atoms with van der Waals surface area (Å²) in [5, 5.41) is 3.23. The highest BCUT2D eigenvalue weighted by atomic mass is 15.0. The van der Waals surface area contributed by atoms with Crippen LogP contribution in [-0.2, 0) is 0 Å². The largest absolute Gasteiger partial charge is 0.299 e. The first-order chi connectivity index (χ1) is 3.95. The molecule has 1 heteroatoms. The first kappa shape index (κ1) is 8.52. The van der Waals surface area contributed by atoms with Crippen molar-refractivity contribution in [2.45, 2.75) is 39.3 Å². The Labute approximate surface area is 57.8 Å². The molecule has 0 heterocycles. The molecule has 0 radical (unpaired) electrons. The van der Waals surface area contributed by atoms with Crippen molar-refractivity contribution in [3.8, 4) is 12.3 Å². The summed E-state index contributed by atoms with van der Waals surface area (Å²) in [6.07, 6.45) is 5.17. The fourth-order valence-corrected chi connectivity index (χ4v) is 0.691. The lowest BCUT2D eigenvalue weighted by atomic mass is 10.1. The predicted octanol–water partition coefficient (Wildman–Crippen LogP) is 1.40. The number of hydrogen-bond acceptors (Lipinski definition) is 1. The monoisotopic (exact) mass is 125 g/mol. The van der Waals surface area contributed by atoms with E-state index in [1.54, 1.807) is 0 Å². The molecule has 0 aromatic carbocycles. The van der Waals surface area contributed by atoms with Crippen LogP contribution in [0.5, 0.6) is 0 Å². The maximum Gasteiger partial charge on any atom is 0.0662 e. The third-order valence-electron chi connectivity index (χ3n) is 0.900. The average molecular weight is 125 g/mol. The molecule has 0 amide bonds. The van der Waals surface area contributed by atoms with Crippen molar-refractivity contribution < 1.29 is 0 Å². The maximum atomic E-state index is 5.17. The third-order valence-corrected chi connectivity index (χ3v) is 0.900. The standard InChI is InChI=1S/C8H15N/c1-6-7(2)9-8(3,4)5/h1,7,9H,2-5H3. The van der Waals surface area contributed by atoms with Crippen molar-refractivity contribution >= 4 is 0 Å². The molecular weight excluding hydrogens is 110 g/mol. The SMILES string of the molecule is C#CC(C)NC(C)(C)C. The van der Waals surface area contributed by atoms with Crippen molar-refractivity contribution in [3.63, 3.8) is 0 Å². The summed E-state index contributed by atoms with van der Waals surface area (Å²) in [7, 11) is 0. The Bertz CT molecular complexity index is 114. The Balaban J connectivity index is 3.63. The first-order valence-corrected chi connectivity index (χ1v) is 3.19. The zero-order valence-electron chi connectivity index (χ0n) is 6.65. The Kier molecular flexibility index (Phi) is 2.73. The molecule has 0 fully saturated rings. The maximum absolute atomic E-state index is 5.17. The highest BCUT2D eigenvalue weighted by Crippen LogP contribution is 1.99. The van der Waals surface area contributed by atoms with Crippen LogP contribution < -0.4 is 5.32 Å². The minimum Gasteiger partial charge on any atom is -0.299 e. The van der Waals surface area contributed by atoms with E-state index in [0.29, 0.717) is 0 Å². The summed E-state index contributed by atoms with van der Waals surface area (Å²) in [4.78, 5) is 0. The highest BCUT2D eigenvalue weighted by Gasteiger charge is 2.10. The summed E-state index contributed by atoms with van der Waals surface area (Å²) in [6, 6.07) is 0.171. The summed E-state index contributed by atoms with van der Waals surface area (Å²) >= 11 is 0. The van der Waals surface area contributed by atoms with Crippen molar-refractivity contribution in [1.29, 1.82) is 0 Å². The Morgan fingerprint density at radius 1 is 1.44 bits per heavy atom. The van der Waals surface area contributed by atoms with Crippen LogP contribution in [0.15, 0.2) is 0 Å². The van der Waals surface area contributed by atoms with Crippen LogP contribution in [0.25, 0.3) is 0 Å². The molecule has 1 unspecified atom stereocenters. The van der Waals surface area contributed by atoms with Crippen molar-refractivity contribution in [2.24, 2.45) is 0 Å². The zero-order chi connectivity index (χ0) is 7.49. The van der Waals surface area contributed by atoms with Crippen LogP contribution in [0.1, 0.15) is 27.7 Å². The number of hydrogen-bond donors (Lipinski definition) is 1. The van der Waals surface area contributed by atoms with Gasteiger partial charge in [-0.25, -0.2) is 0 Å². The lowest BCUT2D eigenvalue weighted by Gasteiger charge is -2.22. The molecule has 0 aromatic heterocycles. The Hall–Kier alpha value is -0.480. The highest BCUT2D eigenvalue weighted by molar-refractivity contribution is 4.98. The van der Waals surface area contributed by atoms with E-state index in [0.717, 1.165) is 0 Å². The second-order valence-corrected chi connectivity index (χ2v) is 3.28.